The van der Waals surface area contributed by atoms with Gasteiger partial charge in [-0.3, -0.25) is 0 Å². The third-order valence-electron chi connectivity index (χ3n) is 5.41. The highest BCUT2D eigenvalue weighted by molar-refractivity contribution is 5.47. The maximum atomic E-state index is 11.5. The average Bonchev–Trinajstić information content (AvgIpc) is 2.91. The van der Waals surface area contributed by atoms with Gasteiger partial charge in [0.1, 0.15) is 5.60 Å². The second kappa shape index (κ2) is 5.53. The van der Waals surface area contributed by atoms with Gasteiger partial charge in [0, 0.05) is 12.0 Å². The van der Waals surface area contributed by atoms with E-state index in [1.807, 2.05) is 0 Å². The van der Waals surface area contributed by atoms with Crippen LogP contribution < -0.4 is 5.32 Å². The van der Waals surface area contributed by atoms with Crippen molar-refractivity contribution in [2.75, 3.05) is 6.54 Å². The molecule has 1 heterocycles. The van der Waals surface area contributed by atoms with Crippen LogP contribution in [-0.4, -0.2) is 17.7 Å². The highest BCUT2D eigenvalue weighted by atomic mass is 16.3. The molecule has 1 fully saturated rings. The van der Waals surface area contributed by atoms with Gasteiger partial charge < -0.3 is 10.4 Å². The van der Waals surface area contributed by atoms with Crippen molar-refractivity contribution in [2.45, 2.75) is 43.2 Å². The SMILES string of the molecule is O[C@@]1([C@@H]2CCCCN2)C[C@@H](c2ccccc2)c2ccccc21. The van der Waals surface area contributed by atoms with Crippen molar-refractivity contribution in [3.05, 3.63) is 71.3 Å². The van der Waals surface area contributed by atoms with Crippen molar-refractivity contribution in [3.8, 4) is 0 Å². The topological polar surface area (TPSA) is 32.3 Å². The summed E-state index contributed by atoms with van der Waals surface area (Å²) in [6.07, 6.45) is 4.27. The van der Waals surface area contributed by atoms with E-state index in [-0.39, 0.29) is 6.04 Å². The fourth-order valence-electron chi connectivity index (χ4n) is 4.30. The summed E-state index contributed by atoms with van der Waals surface area (Å²) in [4.78, 5) is 0. The van der Waals surface area contributed by atoms with E-state index >= 15 is 0 Å². The van der Waals surface area contributed by atoms with E-state index in [4.69, 9.17) is 0 Å². The van der Waals surface area contributed by atoms with Gasteiger partial charge in [-0.2, -0.15) is 0 Å². The molecule has 3 atom stereocenters. The zero-order valence-corrected chi connectivity index (χ0v) is 12.8. The Hall–Kier alpha value is -1.64. The Morgan fingerprint density at radius 2 is 1.73 bits per heavy atom. The van der Waals surface area contributed by atoms with Crippen molar-refractivity contribution < 1.29 is 5.11 Å². The summed E-state index contributed by atoms with van der Waals surface area (Å²) >= 11 is 0. The van der Waals surface area contributed by atoms with Crippen LogP contribution in [0, 0.1) is 0 Å². The van der Waals surface area contributed by atoms with Gasteiger partial charge >= 0.3 is 0 Å². The molecule has 0 radical (unpaired) electrons. The molecule has 2 aliphatic rings. The Labute approximate surface area is 132 Å². The second-order valence-electron chi connectivity index (χ2n) is 6.68. The van der Waals surface area contributed by atoms with Gasteiger partial charge in [-0.25, -0.2) is 0 Å². The van der Waals surface area contributed by atoms with Crippen LogP contribution in [-0.2, 0) is 5.60 Å². The van der Waals surface area contributed by atoms with E-state index in [0.717, 1.165) is 24.9 Å². The lowest BCUT2D eigenvalue weighted by molar-refractivity contribution is -0.0128. The molecular weight excluding hydrogens is 270 g/mol. The molecule has 0 amide bonds. The fourth-order valence-corrected chi connectivity index (χ4v) is 4.30. The highest BCUT2D eigenvalue weighted by Crippen LogP contribution is 2.50. The first kappa shape index (κ1) is 14.0. The number of nitrogens with one attached hydrogen (secondary N) is 1. The highest BCUT2D eigenvalue weighted by Gasteiger charge is 2.47. The Balaban J connectivity index is 1.76. The summed E-state index contributed by atoms with van der Waals surface area (Å²) in [7, 11) is 0. The molecule has 0 bridgehead atoms. The fraction of sp³-hybridized carbons (Fsp3) is 0.400. The number of hydrogen-bond acceptors (Lipinski definition) is 2. The van der Waals surface area contributed by atoms with Gasteiger partial charge in [0.2, 0.25) is 0 Å². The molecular formula is C20H23NO. The van der Waals surface area contributed by atoms with Crippen molar-refractivity contribution in [1.29, 1.82) is 0 Å². The van der Waals surface area contributed by atoms with Crippen molar-refractivity contribution >= 4 is 0 Å². The lowest BCUT2D eigenvalue weighted by Gasteiger charge is -2.37. The van der Waals surface area contributed by atoms with Crippen LogP contribution in [0.2, 0.25) is 0 Å². The number of fused-ring (bicyclic) bond motifs is 1. The van der Waals surface area contributed by atoms with Crippen molar-refractivity contribution in [1.82, 2.24) is 5.32 Å². The third-order valence-corrected chi connectivity index (χ3v) is 5.41. The summed E-state index contributed by atoms with van der Waals surface area (Å²) in [5.74, 6) is 0.297. The third kappa shape index (κ3) is 2.18. The Kier molecular flexibility index (Phi) is 3.51. The maximum absolute atomic E-state index is 11.5. The van der Waals surface area contributed by atoms with Gasteiger partial charge in [-0.05, 0) is 42.5 Å². The summed E-state index contributed by atoms with van der Waals surface area (Å²) in [6.45, 7) is 1.02. The normalized spacial score (nSPS) is 31.0. The number of rotatable bonds is 2. The molecule has 22 heavy (non-hydrogen) atoms. The molecule has 4 rings (SSSR count). The van der Waals surface area contributed by atoms with Crippen LogP contribution in [0.25, 0.3) is 0 Å². The van der Waals surface area contributed by atoms with E-state index in [0.29, 0.717) is 5.92 Å². The molecule has 114 valence electrons. The van der Waals surface area contributed by atoms with Crippen LogP contribution in [0.3, 0.4) is 0 Å². The maximum Gasteiger partial charge on any atom is 0.106 e. The van der Waals surface area contributed by atoms with E-state index in [9.17, 15) is 5.11 Å². The second-order valence-corrected chi connectivity index (χ2v) is 6.68. The predicted molar refractivity (Wildman–Crippen MR) is 88.9 cm³/mol. The minimum atomic E-state index is -0.739. The Morgan fingerprint density at radius 3 is 2.50 bits per heavy atom. The first-order valence-corrected chi connectivity index (χ1v) is 8.39. The van der Waals surface area contributed by atoms with Gasteiger partial charge in [-0.15, -0.1) is 0 Å². The summed E-state index contributed by atoms with van der Waals surface area (Å²) in [6, 6.07) is 19.2. The van der Waals surface area contributed by atoms with Crippen molar-refractivity contribution in [2.24, 2.45) is 0 Å². The van der Waals surface area contributed by atoms with Crippen molar-refractivity contribution in [3.63, 3.8) is 0 Å². The number of benzene rings is 2. The molecule has 2 aromatic rings. The van der Waals surface area contributed by atoms with Crippen LogP contribution in [0.15, 0.2) is 54.6 Å². The minimum absolute atomic E-state index is 0.177. The number of piperidine rings is 1. The molecule has 2 aromatic carbocycles. The van der Waals surface area contributed by atoms with Crippen LogP contribution in [0.5, 0.6) is 0 Å². The molecule has 1 aliphatic heterocycles. The quantitative estimate of drug-likeness (QED) is 0.887. The Bertz CT molecular complexity index is 648. The molecule has 0 aromatic heterocycles. The molecule has 0 spiro atoms. The first-order chi connectivity index (χ1) is 10.8. The number of hydrogen-bond donors (Lipinski definition) is 2. The molecule has 0 saturated carbocycles. The smallest absolute Gasteiger partial charge is 0.106 e. The zero-order chi connectivity index (χ0) is 15.0. The summed E-state index contributed by atoms with van der Waals surface area (Å²) in [5.41, 5.74) is 2.99. The molecule has 0 unspecified atom stereocenters. The largest absolute Gasteiger partial charge is 0.383 e. The predicted octanol–water partition coefficient (Wildman–Crippen LogP) is 3.55. The lowest BCUT2D eigenvalue weighted by atomic mass is 9.82. The minimum Gasteiger partial charge on any atom is -0.383 e. The molecule has 2 N–H and O–H groups in total. The Morgan fingerprint density at radius 1 is 0.955 bits per heavy atom. The molecule has 2 heteroatoms. The van der Waals surface area contributed by atoms with Gasteiger partial charge in [0.25, 0.3) is 0 Å². The van der Waals surface area contributed by atoms with Gasteiger partial charge in [0.15, 0.2) is 0 Å². The van der Waals surface area contributed by atoms with Gasteiger partial charge in [-0.1, -0.05) is 61.0 Å². The van der Waals surface area contributed by atoms with E-state index in [1.165, 1.54) is 24.0 Å². The van der Waals surface area contributed by atoms with Crippen LogP contribution in [0.1, 0.15) is 48.3 Å². The van der Waals surface area contributed by atoms with Gasteiger partial charge in [0.05, 0.1) is 0 Å². The molecule has 1 aliphatic carbocycles. The number of aliphatic hydroxyl groups is 1. The summed E-state index contributed by atoms with van der Waals surface area (Å²) in [5, 5.41) is 15.1. The first-order valence-electron chi connectivity index (χ1n) is 8.39. The monoisotopic (exact) mass is 293 g/mol. The average molecular weight is 293 g/mol. The summed E-state index contributed by atoms with van der Waals surface area (Å²) < 4.78 is 0. The molecule has 2 nitrogen and oxygen atoms in total. The van der Waals surface area contributed by atoms with Crippen LogP contribution in [0.4, 0.5) is 0 Å². The zero-order valence-electron chi connectivity index (χ0n) is 12.8. The van der Waals surface area contributed by atoms with E-state index in [2.05, 4.69) is 59.9 Å². The standard InChI is InChI=1S/C20H23NO/c22-20(19-12-6-7-13-21-19)14-17(15-8-2-1-3-9-15)16-10-4-5-11-18(16)20/h1-5,8-11,17,19,21-22H,6-7,12-14H2/t17-,19-,20-/m0/s1. The van der Waals surface area contributed by atoms with E-state index < -0.39 is 5.60 Å². The molecule has 1 saturated heterocycles. The van der Waals surface area contributed by atoms with E-state index in [1.54, 1.807) is 0 Å². The van der Waals surface area contributed by atoms with Crippen LogP contribution >= 0.6 is 0 Å². The lowest BCUT2D eigenvalue weighted by Crippen LogP contribution is -2.49.